The Bertz CT molecular complexity index is 776. The van der Waals surface area contributed by atoms with E-state index in [9.17, 15) is 0 Å². The molecule has 3 aromatic rings. The molecule has 5 heteroatoms. The van der Waals surface area contributed by atoms with Crippen LogP contribution in [0, 0.1) is 0 Å². The number of anilines is 2. The van der Waals surface area contributed by atoms with Gasteiger partial charge in [0.15, 0.2) is 0 Å². The molecule has 0 aliphatic heterocycles. The smallest absolute Gasteiger partial charge is 0.142 e. The first-order chi connectivity index (χ1) is 10.3. The molecule has 2 aromatic heterocycles. The molecule has 0 radical (unpaired) electrons. The number of fused-ring (bicyclic) bond motifs is 1. The molecule has 0 bridgehead atoms. The predicted molar refractivity (Wildman–Crippen MR) is 88.1 cm³/mol. The van der Waals surface area contributed by atoms with Crippen LogP contribution in [-0.2, 0) is 0 Å². The highest BCUT2D eigenvalue weighted by atomic mass is 79.9. The lowest BCUT2D eigenvalue weighted by atomic mass is 10.2. The summed E-state index contributed by atoms with van der Waals surface area (Å²) in [5.41, 5.74) is 3.48. The van der Waals surface area contributed by atoms with Crippen molar-refractivity contribution in [2.45, 2.75) is 6.92 Å². The standard InChI is InChI=1S/C16H14BrN3O/c1-2-21-15-6-4-3-5-12(15)20-13-7-8-18-14-9-11(17)10-19-16(13)14/h3-10H,2H2,1H3,(H,18,20). The molecule has 3 rings (SSSR count). The minimum Gasteiger partial charge on any atom is -0.492 e. The number of ether oxygens (including phenoxy) is 1. The van der Waals surface area contributed by atoms with E-state index in [4.69, 9.17) is 4.74 Å². The Kier molecular flexibility index (Phi) is 4.01. The largest absolute Gasteiger partial charge is 0.492 e. The quantitative estimate of drug-likeness (QED) is 0.755. The lowest BCUT2D eigenvalue weighted by Gasteiger charge is -2.13. The van der Waals surface area contributed by atoms with Gasteiger partial charge in [-0.3, -0.25) is 9.97 Å². The van der Waals surface area contributed by atoms with Gasteiger partial charge in [-0.25, -0.2) is 0 Å². The molecule has 21 heavy (non-hydrogen) atoms. The fourth-order valence-electron chi connectivity index (χ4n) is 2.10. The number of nitrogens with one attached hydrogen (secondary N) is 1. The zero-order valence-electron chi connectivity index (χ0n) is 11.5. The van der Waals surface area contributed by atoms with Crippen molar-refractivity contribution in [1.29, 1.82) is 0 Å². The summed E-state index contributed by atoms with van der Waals surface area (Å²) in [6, 6.07) is 11.7. The zero-order chi connectivity index (χ0) is 14.7. The van der Waals surface area contributed by atoms with Crippen LogP contribution in [0.3, 0.4) is 0 Å². The van der Waals surface area contributed by atoms with Crippen molar-refractivity contribution in [2.24, 2.45) is 0 Å². The molecule has 1 N–H and O–H groups in total. The maximum atomic E-state index is 5.63. The topological polar surface area (TPSA) is 47.0 Å². The molecule has 0 atom stereocenters. The number of rotatable bonds is 4. The third kappa shape index (κ3) is 2.97. The van der Waals surface area contributed by atoms with Crippen LogP contribution in [0.1, 0.15) is 6.92 Å². The number of halogens is 1. The Morgan fingerprint density at radius 1 is 1.14 bits per heavy atom. The second-order valence-corrected chi connectivity index (χ2v) is 5.35. The van der Waals surface area contributed by atoms with E-state index in [1.165, 1.54) is 0 Å². The second kappa shape index (κ2) is 6.10. The van der Waals surface area contributed by atoms with E-state index in [0.29, 0.717) is 6.61 Å². The summed E-state index contributed by atoms with van der Waals surface area (Å²) in [5.74, 6) is 0.821. The Balaban J connectivity index is 2.02. The van der Waals surface area contributed by atoms with Gasteiger partial charge in [0, 0.05) is 16.9 Å². The fourth-order valence-corrected chi connectivity index (χ4v) is 2.42. The first kappa shape index (κ1) is 13.8. The SMILES string of the molecule is CCOc1ccccc1Nc1ccnc2cc(Br)cnc12. The Morgan fingerprint density at radius 3 is 2.86 bits per heavy atom. The molecule has 0 saturated heterocycles. The van der Waals surface area contributed by atoms with E-state index >= 15 is 0 Å². The maximum Gasteiger partial charge on any atom is 0.142 e. The monoisotopic (exact) mass is 343 g/mol. The number of benzene rings is 1. The van der Waals surface area contributed by atoms with Crippen LogP contribution < -0.4 is 10.1 Å². The van der Waals surface area contributed by atoms with Gasteiger partial charge in [0.1, 0.15) is 11.3 Å². The summed E-state index contributed by atoms with van der Waals surface area (Å²) in [6.07, 6.45) is 3.53. The lowest BCUT2D eigenvalue weighted by Crippen LogP contribution is -1.99. The number of para-hydroxylation sites is 2. The average Bonchev–Trinajstić information content (AvgIpc) is 2.49. The minimum absolute atomic E-state index is 0.626. The van der Waals surface area contributed by atoms with E-state index in [2.05, 4.69) is 31.2 Å². The van der Waals surface area contributed by atoms with Crippen LogP contribution in [0.4, 0.5) is 11.4 Å². The highest BCUT2D eigenvalue weighted by Gasteiger charge is 2.07. The summed E-state index contributed by atoms with van der Waals surface area (Å²) < 4.78 is 6.55. The maximum absolute atomic E-state index is 5.63. The van der Waals surface area contributed by atoms with Crippen molar-refractivity contribution < 1.29 is 4.74 Å². The van der Waals surface area contributed by atoms with Gasteiger partial charge in [0.2, 0.25) is 0 Å². The van der Waals surface area contributed by atoms with Crippen LogP contribution >= 0.6 is 15.9 Å². The normalized spacial score (nSPS) is 10.6. The molecule has 0 aliphatic carbocycles. The van der Waals surface area contributed by atoms with Gasteiger partial charge in [-0.1, -0.05) is 12.1 Å². The highest BCUT2D eigenvalue weighted by molar-refractivity contribution is 9.10. The van der Waals surface area contributed by atoms with Gasteiger partial charge in [-0.2, -0.15) is 0 Å². The minimum atomic E-state index is 0.626. The second-order valence-electron chi connectivity index (χ2n) is 4.43. The van der Waals surface area contributed by atoms with Gasteiger partial charge in [-0.15, -0.1) is 0 Å². The third-order valence-corrected chi connectivity index (χ3v) is 3.43. The Hall–Kier alpha value is -2.14. The molecule has 4 nitrogen and oxygen atoms in total. The van der Waals surface area contributed by atoms with E-state index < -0.39 is 0 Å². The number of hydrogen-bond acceptors (Lipinski definition) is 4. The van der Waals surface area contributed by atoms with E-state index in [-0.39, 0.29) is 0 Å². The van der Waals surface area contributed by atoms with Crippen molar-refractivity contribution in [2.75, 3.05) is 11.9 Å². The Labute approximate surface area is 131 Å². The zero-order valence-corrected chi connectivity index (χ0v) is 13.1. The molecule has 1 aromatic carbocycles. The van der Waals surface area contributed by atoms with E-state index in [1.54, 1.807) is 12.4 Å². The summed E-state index contributed by atoms with van der Waals surface area (Å²) in [4.78, 5) is 8.78. The van der Waals surface area contributed by atoms with E-state index in [0.717, 1.165) is 32.6 Å². The van der Waals surface area contributed by atoms with Gasteiger partial charge in [-0.05, 0) is 47.1 Å². The fraction of sp³-hybridized carbons (Fsp3) is 0.125. The third-order valence-electron chi connectivity index (χ3n) is 3.00. The molecular weight excluding hydrogens is 330 g/mol. The molecule has 0 amide bonds. The van der Waals surface area contributed by atoms with Crippen molar-refractivity contribution in [3.8, 4) is 5.75 Å². The number of pyridine rings is 2. The Morgan fingerprint density at radius 2 is 2.00 bits per heavy atom. The summed E-state index contributed by atoms with van der Waals surface area (Å²) in [7, 11) is 0. The van der Waals surface area contributed by atoms with Crippen LogP contribution in [0.5, 0.6) is 5.75 Å². The molecule has 106 valence electrons. The van der Waals surface area contributed by atoms with Gasteiger partial charge in [0.25, 0.3) is 0 Å². The van der Waals surface area contributed by atoms with Crippen LogP contribution in [-0.4, -0.2) is 16.6 Å². The van der Waals surface area contributed by atoms with Gasteiger partial charge >= 0.3 is 0 Å². The molecule has 0 unspecified atom stereocenters. The van der Waals surface area contributed by atoms with Gasteiger partial charge < -0.3 is 10.1 Å². The average molecular weight is 344 g/mol. The molecule has 0 aliphatic rings. The first-order valence-electron chi connectivity index (χ1n) is 6.67. The van der Waals surface area contributed by atoms with Crippen LogP contribution in [0.25, 0.3) is 11.0 Å². The van der Waals surface area contributed by atoms with Gasteiger partial charge in [0.05, 0.1) is 23.5 Å². The lowest BCUT2D eigenvalue weighted by molar-refractivity contribution is 0.342. The highest BCUT2D eigenvalue weighted by Crippen LogP contribution is 2.30. The summed E-state index contributed by atoms with van der Waals surface area (Å²) in [5, 5.41) is 3.38. The molecule has 0 fully saturated rings. The van der Waals surface area contributed by atoms with Crippen molar-refractivity contribution in [3.63, 3.8) is 0 Å². The number of nitrogens with zero attached hydrogens (tertiary/aromatic N) is 2. The van der Waals surface area contributed by atoms with Crippen LogP contribution in [0.2, 0.25) is 0 Å². The summed E-state index contributed by atoms with van der Waals surface area (Å²) in [6.45, 7) is 2.60. The van der Waals surface area contributed by atoms with Crippen molar-refractivity contribution in [1.82, 2.24) is 9.97 Å². The summed E-state index contributed by atoms with van der Waals surface area (Å²) >= 11 is 3.41. The first-order valence-corrected chi connectivity index (χ1v) is 7.46. The molecule has 0 saturated carbocycles. The van der Waals surface area contributed by atoms with Crippen molar-refractivity contribution >= 4 is 38.3 Å². The number of aromatic nitrogens is 2. The van der Waals surface area contributed by atoms with E-state index in [1.807, 2.05) is 43.3 Å². The molecule has 2 heterocycles. The molecular formula is C16H14BrN3O. The van der Waals surface area contributed by atoms with Crippen LogP contribution in [0.15, 0.2) is 53.3 Å². The predicted octanol–water partition coefficient (Wildman–Crippen LogP) is 4.53. The number of hydrogen-bond donors (Lipinski definition) is 1. The van der Waals surface area contributed by atoms with Crippen molar-refractivity contribution in [3.05, 3.63) is 53.3 Å². The molecule has 0 spiro atoms.